The van der Waals surface area contributed by atoms with Gasteiger partial charge in [0.05, 0.1) is 18.6 Å². The van der Waals surface area contributed by atoms with Gasteiger partial charge in [-0.1, -0.05) is 6.42 Å². The van der Waals surface area contributed by atoms with Gasteiger partial charge in [0, 0.05) is 0 Å². The van der Waals surface area contributed by atoms with Crippen LogP contribution in [0.1, 0.15) is 37.2 Å². The van der Waals surface area contributed by atoms with Crippen molar-refractivity contribution in [1.29, 1.82) is 0 Å². The van der Waals surface area contributed by atoms with Gasteiger partial charge in [0.15, 0.2) is 0 Å². The number of aliphatic hydroxyl groups is 1. The smallest absolute Gasteiger partial charge is 0.0937 e. The highest BCUT2D eigenvalue weighted by Gasteiger charge is 2.21. The monoisotopic (exact) mass is 166 g/mol. The molecule has 0 bridgehead atoms. The normalized spacial score (nSPS) is 30.4. The average molecular weight is 166 g/mol. The summed E-state index contributed by atoms with van der Waals surface area (Å²) in [4.78, 5) is 0. The van der Waals surface area contributed by atoms with Crippen LogP contribution in [-0.4, -0.2) is 11.2 Å². The molecule has 0 unspecified atom stereocenters. The lowest BCUT2D eigenvalue weighted by Gasteiger charge is -2.24. The maximum absolute atomic E-state index is 9.45. The molecule has 2 nitrogen and oxygen atoms in total. The maximum atomic E-state index is 9.45. The van der Waals surface area contributed by atoms with Crippen LogP contribution in [0, 0.1) is 0 Å². The van der Waals surface area contributed by atoms with Crippen LogP contribution < -0.4 is 0 Å². The average Bonchev–Trinajstić information content (AvgIpc) is 2.56. The lowest BCUT2D eigenvalue weighted by atomic mass is 9.84. The molecular formula is C10H14O2. The summed E-state index contributed by atoms with van der Waals surface area (Å²) in [5, 5.41) is 9.45. The van der Waals surface area contributed by atoms with Crippen molar-refractivity contribution < 1.29 is 9.52 Å². The van der Waals surface area contributed by atoms with E-state index in [4.69, 9.17) is 4.42 Å². The Labute approximate surface area is 72.2 Å². The highest BCUT2D eigenvalue weighted by Crippen LogP contribution is 2.32. The highest BCUT2D eigenvalue weighted by molar-refractivity contribution is 5.13. The molecule has 12 heavy (non-hydrogen) atoms. The fraction of sp³-hybridized carbons (Fsp3) is 0.600. The van der Waals surface area contributed by atoms with E-state index in [-0.39, 0.29) is 6.10 Å². The minimum absolute atomic E-state index is 0.0985. The van der Waals surface area contributed by atoms with E-state index in [1.807, 2.05) is 6.07 Å². The van der Waals surface area contributed by atoms with Gasteiger partial charge in [-0.15, -0.1) is 0 Å². The van der Waals surface area contributed by atoms with Gasteiger partial charge in [0.1, 0.15) is 0 Å². The van der Waals surface area contributed by atoms with E-state index in [0.717, 1.165) is 19.3 Å². The minimum atomic E-state index is -0.0985. The Bertz CT molecular complexity index is 228. The third-order valence-corrected chi connectivity index (χ3v) is 2.66. The highest BCUT2D eigenvalue weighted by atomic mass is 16.3. The summed E-state index contributed by atoms with van der Waals surface area (Å²) in [6, 6.07) is 2.00. The number of rotatable bonds is 1. The molecule has 0 saturated heterocycles. The van der Waals surface area contributed by atoms with Gasteiger partial charge in [-0.2, -0.15) is 0 Å². The molecule has 2 rings (SSSR count). The van der Waals surface area contributed by atoms with Crippen molar-refractivity contribution in [3.63, 3.8) is 0 Å². The van der Waals surface area contributed by atoms with Crippen molar-refractivity contribution in [2.24, 2.45) is 0 Å². The van der Waals surface area contributed by atoms with Gasteiger partial charge in [-0.05, 0) is 36.8 Å². The first-order valence-electron chi connectivity index (χ1n) is 4.56. The van der Waals surface area contributed by atoms with Gasteiger partial charge in [-0.3, -0.25) is 0 Å². The predicted molar refractivity (Wildman–Crippen MR) is 45.9 cm³/mol. The first kappa shape index (κ1) is 7.87. The maximum Gasteiger partial charge on any atom is 0.0937 e. The third-order valence-electron chi connectivity index (χ3n) is 2.66. The molecule has 0 aromatic carbocycles. The van der Waals surface area contributed by atoms with Crippen molar-refractivity contribution in [2.45, 2.75) is 37.7 Å². The molecule has 1 aromatic rings. The molecule has 2 heteroatoms. The first-order chi connectivity index (χ1) is 5.86. The van der Waals surface area contributed by atoms with Crippen LogP contribution >= 0.6 is 0 Å². The zero-order chi connectivity index (χ0) is 8.39. The molecule has 66 valence electrons. The van der Waals surface area contributed by atoms with Crippen LogP contribution in [0.15, 0.2) is 23.0 Å². The Balaban J connectivity index is 2.04. The Morgan fingerprint density at radius 1 is 1.42 bits per heavy atom. The van der Waals surface area contributed by atoms with E-state index in [2.05, 4.69) is 0 Å². The van der Waals surface area contributed by atoms with Gasteiger partial charge < -0.3 is 9.52 Å². The molecule has 1 aromatic heterocycles. The number of furan rings is 1. The summed E-state index contributed by atoms with van der Waals surface area (Å²) in [7, 11) is 0. The minimum Gasteiger partial charge on any atom is -0.472 e. The van der Waals surface area contributed by atoms with Crippen LogP contribution in [0.5, 0.6) is 0 Å². The lowest BCUT2D eigenvalue weighted by Crippen LogP contribution is -2.17. The molecule has 0 spiro atoms. The first-order valence-corrected chi connectivity index (χ1v) is 4.56. The number of hydrogen-bond acceptors (Lipinski definition) is 2. The van der Waals surface area contributed by atoms with Crippen molar-refractivity contribution in [3.05, 3.63) is 24.2 Å². The lowest BCUT2D eigenvalue weighted by molar-refractivity contribution is 0.119. The number of aliphatic hydroxyl groups excluding tert-OH is 1. The zero-order valence-corrected chi connectivity index (χ0v) is 7.07. The van der Waals surface area contributed by atoms with E-state index in [9.17, 15) is 5.11 Å². The fourth-order valence-corrected chi connectivity index (χ4v) is 1.97. The topological polar surface area (TPSA) is 33.4 Å². The van der Waals surface area contributed by atoms with Crippen LogP contribution in [-0.2, 0) is 0 Å². The summed E-state index contributed by atoms with van der Waals surface area (Å²) < 4.78 is 5.02. The summed E-state index contributed by atoms with van der Waals surface area (Å²) in [6.45, 7) is 0. The summed E-state index contributed by atoms with van der Waals surface area (Å²) in [6.07, 6.45) is 7.60. The van der Waals surface area contributed by atoms with Crippen LogP contribution in [0.2, 0.25) is 0 Å². The van der Waals surface area contributed by atoms with Gasteiger partial charge in [0.2, 0.25) is 0 Å². The molecule has 1 aliphatic carbocycles. The Hall–Kier alpha value is -0.760. The zero-order valence-electron chi connectivity index (χ0n) is 7.07. The second-order valence-corrected chi connectivity index (χ2v) is 3.57. The summed E-state index contributed by atoms with van der Waals surface area (Å²) >= 11 is 0. The fourth-order valence-electron chi connectivity index (χ4n) is 1.97. The molecular weight excluding hydrogens is 152 g/mol. The Kier molecular flexibility index (Phi) is 2.17. The molecule has 1 N–H and O–H groups in total. The molecule has 0 aliphatic heterocycles. The van der Waals surface area contributed by atoms with Crippen LogP contribution in [0.4, 0.5) is 0 Å². The molecule has 0 radical (unpaired) electrons. The second-order valence-electron chi connectivity index (χ2n) is 3.57. The second kappa shape index (κ2) is 3.31. The molecule has 1 heterocycles. The quantitative estimate of drug-likeness (QED) is 0.694. The third kappa shape index (κ3) is 1.53. The molecule has 2 atom stereocenters. The molecule has 1 saturated carbocycles. The predicted octanol–water partition coefficient (Wildman–Crippen LogP) is 2.30. The van der Waals surface area contributed by atoms with Gasteiger partial charge in [0.25, 0.3) is 0 Å². The van der Waals surface area contributed by atoms with Crippen LogP contribution in [0.25, 0.3) is 0 Å². The van der Waals surface area contributed by atoms with E-state index < -0.39 is 0 Å². The number of hydrogen-bond donors (Lipinski definition) is 1. The van der Waals surface area contributed by atoms with Crippen molar-refractivity contribution in [2.75, 3.05) is 0 Å². The van der Waals surface area contributed by atoms with E-state index in [1.165, 1.54) is 12.0 Å². The van der Waals surface area contributed by atoms with Crippen molar-refractivity contribution in [1.82, 2.24) is 0 Å². The van der Waals surface area contributed by atoms with Gasteiger partial charge in [-0.25, -0.2) is 0 Å². The van der Waals surface area contributed by atoms with Crippen LogP contribution in [0.3, 0.4) is 0 Å². The van der Waals surface area contributed by atoms with Crippen molar-refractivity contribution >= 4 is 0 Å². The van der Waals surface area contributed by atoms with E-state index >= 15 is 0 Å². The standard InChI is InChI=1S/C10H14O2/c11-10-3-1-2-8(6-10)9-4-5-12-7-9/h4-5,7-8,10-11H,1-3,6H2/t8-,10-/m1/s1. The molecule has 0 amide bonds. The van der Waals surface area contributed by atoms with Gasteiger partial charge >= 0.3 is 0 Å². The summed E-state index contributed by atoms with van der Waals surface area (Å²) in [5.74, 6) is 0.521. The van der Waals surface area contributed by atoms with E-state index in [1.54, 1.807) is 12.5 Å². The Morgan fingerprint density at radius 3 is 3.00 bits per heavy atom. The van der Waals surface area contributed by atoms with E-state index in [0.29, 0.717) is 5.92 Å². The largest absolute Gasteiger partial charge is 0.472 e. The molecule has 1 fully saturated rings. The molecule has 1 aliphatic rings. The van der Waals surface area contributed by atoms with Crippen molar-refractivity contribution in [3.8, 4) is 0 Å². The SMILES string of the molecule is O[C@@H]1CCC[C@@H](c2ccoc2)C1. The Morgan fingerprint density at radius 2 is 2.33 bits per heavy atom. The summed E-state index contributed by atoms with van der Waals surface area (Å²) in [5.41, 5.74) is 1.24.